The van der Waals surface area contributed by atoms with E-state index in [4.69, 9.17) is 13.8 Å². The Bertz CT molecular complexity index is 732. The number of para-hydroxylation sites is 2. The maximum atomic E-state index is 6.11. The summed E-state index contributed by atoms with van der Waals surface area (Å²) in [6, 6.07) is 27.1. The van der Waals surface area contributed by atoms with Crippen molar-refractivity contribution in [3.8, 4) is 17.2 Å². The summed E-state index contributed by atoms with van der Waals surface area (Å²) in [5.74, 6) is 2.34. The molecule has 4 heteroatoms. The van der Waals surface area contributed by atoms with Crippen molar-refractivity contribution in [1.29, 1.82) is 0 Å². The van der Waals surface area contributed by atoms with Gasteiger partial charge in [-0.2, -0.15) is 0 Å². The van der Waals surface area contributed by atoms with Crippen LogP contribution in [0.15, 0.2) is 97.6 Å². The van der Waals surface area contributed by atoms with Crippen LogP contribution in [0.4, 0.5) is 0 Å². The second-order valence-electron chi connectivity index (χ2n) is 5.16. The Labute approximate surface area is 149 Å². The largest absolute Gasteiger partial charge is 0.490 e. The first-order valence-electron chi connectivity index (χ1n) is 7.95. The van der Waals surface area contributed by atoms with Crippen molar-refractivity contribution < 1.29 is 13.8 Å². The molecular weight excluding hydrogens is 331 g/mol. The van der Waals surface area contributed by atoms with Crippen LogP contribution in [0.3, 0.4) is 0 Å². The molecule has 0 N–H and O–H groups in total. The number of hydrogen-bond donors (Lipinski definition) is 0. The molecule has 0 radical (unpaired) electrons. The Morgan fingerprint density at radius 3 is 1.68 bits per heavy atom. The molecule has 3 aromatic carbocycles. The summed E-state index contributed by atoms with van der Waals surface area (Å²) >= 11 is 0. The third-order valence-electron chi connectivity index (χ3n) is 3.28. The Hall–Kier alpha value is -2.77. The maximum absolute atomic E-state index is 6.11. The Balaban J connectivity index is 1.81. The Kier molecular flexibility index (Phi) is 6.08. The van der Waals surface area contributed by atoms with Crippen LogP contribution in [0.2, 0.25) is 0 Å². The van der Waals surface area contributed by atoms with Gasteiger partial charge in [0, 0.05) is 0 Å². The number of ether oxygens (including phenoxy) is 1. The summed E-state index contributed by atoms with van der Waals surface area (Å²) in [5.41, 5.74) is 0. The van der Waals surface area contributed by atoms with E-state index in [1.165, 1.54) is 0 Å². The lowest BCUT2D eigenvalue weighted by Crippen LogP contribution is -2.10. The van der Waals surface area contributed by atoms with Gasteiger partial charge in [0.2, 0.25) is 0 Å². The molecule has 0 bridgehead atoms. The minimum Gasteiger partial charge on any atom is -0.490 e. The minimum atomic E-state index is -1.31. The first-order valence-corrected chi connectivity index (χ1v) is 9.13. The van der Waals surface area contributed by atoms with Gasteiger partial charge in [-0.05, 0) is 48.5 Å². The highest BCUT2D eigenvalue weighted by molar-refractivity contribution is 7.56. The Morgan fingerprint density at radius 2 is 1.20 bits per heavy atom. The van der Waals surface area contributed by atoms with Crippen LogP contribution in [0.5, 0.6) is 17.2 Å². The molecule has 0 aliphatic rings. The van der Waals surface area contributed by atoms with E-state index in [9.17, 15) is 0 Å². The molecule has 0 unspecified atom stereocenters. The smallest absolute Gasteiger partial charge is 0.326 e. The predicted octanol–water partition coefficient (Wildman–Crippen LogP) is 5.35. The molecule has 0 atom stereocenters. The lowest BCUT2D eigenvalue weighted by Gasteiger charge is -2.19. The van der Waals surface area contributed by atoms with Gasteiger partial charge in [-0.3, -0.25) is 0 Å². The van der Waals surface area contributed by atoms with Gasteiger partial charge in [-0.15, -0.1) is 0 Å². The van der Waals surface area contributed by atoms with Crippen LogP contribution in [-0.4, -0.2) is 6.61 Å². The molecule has 0 heterocycles. The van der Waals surface area contributed by atoms with Gasteiger partial charge in [-0.25, -0.2) is 0 Å². The molecular formula is C21H19O3P. The van der Waals surface area contributed by atoms with Crippen molar-refractivity contribution in [3.63, 3.8) is 0 Å². The zero-order chi connectivity index (χ0) is 17.3. The average molecular weight is 350 g/mol. The quantitative estimate of drug-likeness (QED) is 0.405. The van der Waals surface area contributed by atoms with E-state index in [2.05, 4.69) is 6.58 Å². The fraction of sp³-hybridized carbons (Fsp3) is 0.0476. The minimum absolute atomic E-state index is 0.481. The maximum Gasteiger partial charge on any atom is 0.326 e. The summed E-state index contributed by atoms with van der Waals surface area (Å²) in [6.07, 6.45) is 1.72. The van der Waals surface area contributed by atoms with Crippen molar-refractivity contribution in [3.05, 3.63) is 97.6 Å². The van der Waals surface area contributed by atoms with Gasteiger partial charge < -0.3 is 13.8 Å². The highest BCUT2D eigenvalue weighted by atomic mass is 31.2. The van der Waals surface area contributed by atoms with Crippen LogP contribution >= 0.6 is 8.38 Å². The van der Waals surface area contributed by atoms with E-state index in [0.717, 1.165) is 22.6 Å². The van der Waals surface area contributed by atoms with Crippen molar-refractivity contribution in [2.24, 2.45) is 0 Å². The van der Waals surface area contributed by atoms with Gasteiger partial charge in [0.15, 0.2) is 0 Å². The van der Waals surface area contributed by atoms with E-state index in [1.807, 2.05) is 84.9 Å². The molecule has 0 fully saturated rings. The van der Waals surface area contributed by atoms with Crippen molar-refractivity contribution in [1.82, 2.24) is 0 Å². The summed E-state index contributed by atoms with van der Waals surface area (Å²) in [5, 5.41) is 0.966. The monoisotopic (exact) mass is 350 g/mol. The number of benzene rings is 3. The Morgan fingerprint density at radius 1 is 0.680 bits per heavy atom. The van der Waals surface area contributed by atoms with Gasteiger partial charge in [0.05, 0.1) is 5.30 Å². The topological polar surface area (TPSA) is 27.7 Å². The second kappa shape index (κ2) is 8.91. The summed E-state index contributed by atoms with van der Waals surface area (Å²) in [7, 11) is -1.31. The molecule has 0 aliphatic heterocycles. The first-order chi connectivity index (χ1) is 12.3. The summed E-state index contributed by atoms with van der Waals surface area (Å²) in [6.45, 7) is 4.13. The molecule has 25 heavy (non-hydrogen) atoms. The predicted molar refractivity (Wildman–Crippen MR) is 103 cm³/mol. The van der Waals surface area contributed by atoms with E-state index in [-0.39, 0.29) is 0 Å². The molecule has 3 rings (SSSR count). The van der Waals surface area contributed by atoms with Crippen LogP contribution in [-0.2, 0) is 0 Å². The standard InChI is InChI=1S/C21H19O3P/c1-2-17-22-18-13-15-21(16-14-18)25(23-19-9-5-3-6-10-19)24-20-11-7-4-8-12-20/h2-16H,1,17H2. The fourth-order valence-corrected chi connectivity index (χ4v) is 3.36. The summed E-state index contributed by atoms with van der Waals surface area (Å²) < 4.78 is 17.8. The molecule has 3 nitrogen and oxygen atoms in total. The molecule has 0 saturated heterocycles. The van der Waals surface area contributed by atoms with Crippen LogP contribution in [0.25, 0.3) is 0 Å². The first kappa shape index (κ1) is 17.1. The average Bonchev–Trinajstić information content (AvgIpc) is 2.68. The van der Waals surface area contributed by atoms with Gasteiger partial charge in [0.1, 0.15) is 23.9 Å². The van der Waals surface area contributed by atoms with Crippen molar-refractivity contribution >= 4 is 13.7 Å². The van der Waals surface area contributed by atoms with Crippen molar-refractivity contribution in [2.75, 3.05) is 6.61 Å². The molecule has 3 aromatic rings. The normalized spacial score (nSPS) is 10.3. The second-order valence-corrected chi connectivity index (χ2v) is 6.56. The van der Waals surface area contributed by atoms with E-state index < -0.39 is 8.38 Å². The molecule has 0 aromatic heterocycles. The van der Waals surface area contributed by atoms with Crippen LogP contribution in [0, 0.1) is 0 Å². The molecule has 0 saturated carbocycles. The third-order valence-corrected chi connectivity index (χ3v) is 4.75. The van der Waals surface area contributed by atoms with E-state index in [1.54, 1.807) is 6.08 Å². The zero-order valence-corrected chi connectivity index (χ0v) is 14.6. The lowest BCUT2D eigenvalue weighted by atomic mass is 10.3. The van der Waals surface area contributed by atoms with Gasteiger partial charge in [-0.1, -0.05) is 49.1 Å². The third kappa shape index (κ3) is 5.10. The van der Waals surface area contributed by atoms with Crippen LogP contribution in [0.1, 0.15) is 0 Å². The van der Waals surface area contributed by atoms with E-state index in [0.29, 0.717) is 6.61 Å². The highest BCUT2D eigenvalue weighted by Gasteiger charge is 2.18. The fourth-order valence-electron chi connectivity index (χ4n) is 2.10. The summed E-state index contributed by atoms with van der Waals surface area (Å²) in [4.78, 5) is 0. The van der Waals surface area contributed by atoms with Gasteiger partial charge in [0.25, 0.3) is 0 Å². The number of rotatable bonds is 8. The van der Waals surface area contributed by atoms with Crippen molar-refractivity contribution in [2.45, 2.75) is 0 Å². The lowest BCUT2D eigenvalue weighted by molar-refractivity contribution is 0.363. The van der Waals surface area contributed by atoms with E-state index >= 15 is 0 Å². The molecule has 0 spiro atoms. The molecule has 0 aliphatic carbocycles. The number of hydrogen-bond acceptors (Lipinski definition) is 3. The van der Waals surface area contributed by atoms with Crippen LogP contribution < -0.4 is 19.1 Å². The molecule has 126 valence electrons. The molecule has 0 amide bonds. The van der Waals surface area contributed by atoms with Gasteiger partial charge >= 0.3 is 8.38 Å². The zero-order valence-electron chi connectivity index (χ0n) is 13.7. The SMILES string of the molecule is C=CCOc1ccc(P(Oc2ccccc2)Oc2ccccc2)cc1. The highest BCUT2D eigenvalue weighted by Crippen LogP contribution is 2.39.